The maximum atomic E-state index is 12.9. The Labute approximate surface area is 437 Å². The number of carbonyl (C=O) groups is 3. The molecular weight excluding hydrogens is 877 g/mol. The van der Waals surface area contributed by atoms with Crippen LogP contribution in [0.3, 0.4) is 0 Å². The van der Waals surface area contributed by atoms with E-state index in [0.29, 0.717) is 19.3 Å². The van der Waals surface area contributed by atoms with E-state index in [9.17, 15) is 14.4 Å². The summed E-state index contributed by atoms with van der Waals surface area (Å²) in [7, 11) is 0. The van der Waals surface area contributed by atoms with Gasteiger partial charge in [-0.3, -0.25) is 14.4 Å². The van der Waals surface area contributed by atoms with Gasteiger partial charge in [0.25, 0.3) is 0 Å². The lowest BCUT2D eigenvalue weighted by molar-refractivity contribution is -0.166. The van der Waals surface area contributed by atoms with Crippen molar-refractivity contribution in [3.63, 3.8) is 0 Å². The maximum Gasteiger partial charge on any atom is 0.306 e. The minimum atomic E-state index is -0.828. The smallest absolute Gasteiger partial charge is 0.306 e. The quantitative estimate of drug-likeness (QED) is 0.0261. The molecule has 0 bridgehead atoms. The summed E-state index contributed by atoms with van der Waals surface area (Å²) in [4.78, 5) is 38.1. The molecule has 0 N–H and O–H groups in total. The Hall–Kier alpha value is -4.19. The molecule has 0 heterocycles. The Morgan fingerprint density at radius 3 is 0.972 bits per heavy atom. The number of hydrogen-bond donors (Lipinski definition) is 0. The molecule has 0 aliphatic carbocycles. The molecule has 1 atom stereocenters. The average Bonchev–Trinajstić information content (AvgIpc) is 3.37. The summed E-state index contributed by atoms with van der Waals surface area (Å²) < 4.78 is 16.8. The van der Waals surface area contributed by atoms with Crippen LogP contribution in [0, 0.1) is 0 Å². The zero-order chi connectivity index (χ0) is 51.4. The molecule has 0 aromatic heterocycles. The third-order valence-corrected chi connectivity index (χ3v) is 12.0. The molecule has 0 aromatic carbocycles. The van der Waals surface area contributed by atoms with Crippen LogP contribution in [0.25, 0.3) is 0 Å². The van der Waals surface area contributed by atoms with Crippen molar-refractivity contribution in [2.24, 2.45) is 0 Å². The van der Waals surface area contributed by atoms with Gasteiger partial charge in [0.2, 0.25) is 0 Å². The second-order valence-corrected chi connectivity index (χ2v) is 18.8. The predicted molar refractivity (Wildman–Crippen MR) is 306 cm³/mol. The van der Waals surface area contributed by atoms with Crippen LogP contribution in [0.1, 0.15) is 252 Å². The van der Waals surface area contributed by atoms with Crippen LogP contribution in [0.5, 0.6) is 0 Å². The molecule has 0 unspecified atom stereocenters. The van der Waals surface area contributed by atoms with Crippen molar-refractivity contribution in [2.75, 3.05) is 13.2 Å². The highest BCUT2D eigenvalue weighted by Gasteiger charge is 2.19. The van der Waals surface area contributed by atoms with Crippen molar-refractivity contribution < 1.29 is 28.6 Å². The number of rotatable bonds is 51. The van der Waals surface area contributed by atoms with E-state index in [2.05, 4.69) is 136 Å². The Balaban J connectivity index is 4.57. The SMILES string of the molecule is CC/C=C\C/C=C\C/C=C\C/C=C\C/C=C\CCCCCC(=O)O[C@H](COC(=O)CC/C=C\C/C=C\C/C=C\C/C=C\C/C=C\CCCCC)COC(=O)CCCCCCCCCCCCCCCCC. The van der Waals surface area contributed by atoms with Crippen molar-refractivity contribution in [2.45, 2.75) is 258 Å². The minimum absolute atomic E-state index is 0.115. The molecular formula is C65H106O6. The molecule has 6 heteroatoms. The molecule has 0 spiro atoms. The monoisotopic (exact) mass is 983 g/mol. The van der Waals surface area contributed by atoms with Crippen LogP contribution >= 0.6 is 0 Å². The van der Waals surface area contributed by atoms with Crippen molar-refractivity contribution in [1.82, 2.24) is 0 Å². The molecule has 0 aromatic rings. The second kappa shape index (κ2) is 58.4. The maximum absolute atomic E-state index is 12.9. The van der Waals surface area contributed by atoms with E-state index in [1.807, 2.05) is 6.08 Å². The number of esters is 3. The fourth-order valence-corrected chi connectivity index (χ4v) is 7.63. The average molecular weight is 984 g/mol. The second-order valence-electron chi connectivity index (χ2n) is 18.8. The Morgan fingerprint density at radius 2 is 0.577 bits per heavy atom. The molecule has 0 amide bonds. The lowest BCUT2D eigenvalue weighted by Crippen LogP contribution is -2.30. The molecule has 0 rings (SSSR count). The van der Waals surface area contributed by atoms with E-state index < -0.39 is 6.10 Å². The lowest BCUT2D eigenvalue weighted by Gasteiger charge is -2.18. The molecule has 6 nitrogen and oxygen atoms in total. The van der Waals surface area contributed by atoms with Gasteiger partial charge in [-0.1, -0.05) is 251 Å². The largest absolute Gasteiger partial charge is 0.462 e. The molecule has 0 saturated heterocycles. The van der Waals surface area contributed by atoms with E-state index in [0.717, 1.165) is 96.3 Å². The molecule has 0 radical (unpaired) electrons. The molecule has 0 aliphatic rings. The third-order valence-electron chi connectivity index (χ3n) is 12.0. The summed E-state index contributed by atoms with van der Waals surface area (Å²) in [6, 6.07) is 0. The summed E-state index contributed by atoms with van der Waals surface area (Å²) in [5, 5.41) is 0. The van der Waals surface area contributed by atoms with Gasteiger partial charge in [0.1, 0.15) is 13.2 Å². The fourth-order valence-electron chi connectivity index (χ4n) is 7.63. The summed E-state index contributed by atoms with van der Waals surface area (Å²) in [6.45, 7) is 6.41. The Kier molecular flexibility index (Phi) is 54.9. The van der Waals surface area contributed by atoms with Gasteiger partial charge in [-0.2, -0.15) is 0 Å². The van der Waals surface area contributed by atoms with Gasteiger partial charge in [0.15, 0.2) is 6.10 Å². The van der Waals surface area contributed by atoms with E-state index >= 15 is 0 Å². The predicted octanol–water partition coefficient (Wildman–Crippen LogP) is 19.6. The van der Waals surface area contributed by atoms with Crippen molar-refractivity contribution in [1.29, 1.82) is 0 Å². The summed E-state index contributed by atoms with van der Waals surface area (Å²) >= 11 is 0. The zero-order valence-corrected chi connectivity index (χ0v) is 45.9. The van der Waals surface area contributed by atoms with Crippen LogP contribution < -0.4 is 0 Å². The highest BCUT2D eigenvalue weighted by atomic mass is 16.6. The van der Waals surface area contributed by atoms with Gasteiger partial charge in [0, 0.05) is 19.3 Å². The van der Waals surface area contributed by atoms with Gasteiger partial charge in [-0.15, -0.1) is 0 Å². The van der Waals surface area contributed by atoms with Crippen LogP contribution in [-0.2, 0) is 28.6 Å². The molecule has 71 heavy (non-hydrogen) atoms. The standard InChI is InChI=1S/C65H106O6/c1-4-7-10-13-16-19-22-25-28-30-32-34-37-40-43-46-49-52-55-58-64(67)70-61-62(60-69-63(66)57-54-51-48-45-42-39-36-27-24-21-18-15-12-9-6-3)71-65(68)59-56-53-50-47-44-41-38-35-33-31-29-26-23-20-17-14-11-8-5-2/h8,11,16-17,19-20,25-26,28-29,32-35,40-41,43-44,49,52,62H,4-7,9-10,12-15,18,21-24,27,30-31,36-39,42,45-48,50-51,53-61H2,1-3H3/b11-8-,19-16-,20-17-,28-25-,29-26-,34-32-,35-33-,43-40-,44-41-,52-49-/t62-/m0/s1. The lowest BCUT2D eigenvalue weighted by atomic mass is 10.0. The first kappa shape index (κ1) is 66.8. The first-order valence-electron chi connectivity index (χ1n) is 29.0. The Morgan fingerprint density at radius 1 is 0.296 bits per heavy atom. The van der Waals surface area contributed by atoms with E-state index in [1.165, 1.54) is 103 Å². The number of hydrogen-bond acceptors (Lipinski definition) is 6. The number of allylic oxidation sites excluding steroid dienone is 20. The molecule has 0 fully saturated rings. The van der Waals surface area contributed by atoms with Gasteiger partial charge >= 0.3 is 17.9 Å². The summed E-state index contributed by atoms with van der Waals surface area (Å²) in [6.07, 6.45) is 80.5. The van der Waals surface area contributed by atoms with E-state index in [-0.39, 0.29) is 44.0 Å². The third kappa shape index (κ3) is 56.6. The minimum Gasteiger partial charge on any atom is -0.462 e. The Bertz CT molecular complexity index is 1500. The topological polar surface area (TPSA) is 78.9 Å². The van der Waals surface area contributed by atoms with Crippen LogP contribution in [0.4, 0.5) is 0 Å². The van der Waals surface area contributed by atoms with Crippen LogP contribution in [0.15, 0.2) is 122 Å². The van der Waals surface area contributed by atoms with Gasteiger partial charge in [-0.25, -0.2) is 0 Å². The van der Waals surface area contributed by atoms with E-state index in [1.54, 1.807) is 0 Å². The van der Waals surface area contributed by atoms with Gasteiger partial charge < -0.3 is 14.2 Å². The highest BCUT2D eigenvalue weighted by molar-refractivity contribution is 5.71. The highest BCUT2D eigenvalue weighted by Crippen LogP contribution is 2.15. The number of ether oxygens (including phenoxy) is 3. The van der Waals surface area contributed by atoms with Crippen molar-refractivity contribution >= 4 is 17.9 Å². The fraction of sp³-hybridized carbons (Fsp3) is 0.646. The first-order chi connectivity index (χ1) is 35.0. The molecule has 402 valence electrons. The zero-order valence-electron chi connectivity index (χ0n) is 45.9. The van der Waals surface area contributed by atoms with Crippen LogP contribution in [0.2, 0.25) is 0 Å². The summed E-state index contributed by atoms with van der Waals surface area (Å²) in [5.41, 5.74) is 0. The van der Waals surface area contributed by atoms with Crippen molar-refractivity contribution in [3.8, 4) is 0 Å². The first-order valence-corrected chi connectivity index (χ1v) is 29.0. The van der Waals surface area contributed by atoms with E-state index in [4.69, 9.17) is 14.2 Å². The van der Waals surface area contributed by atoms with Crippen molar-refractivity contribution in [3.05, 3.63) is 122 Å². The van der Waals surface area contributed by atoms with Crippen LogP contribution in [-0.4, -0.2) is 37.2 Å². The molecule has 0 aliphatic heterocycles. The summed E-state index contributed by atoms with van der Waals surface area (Å²) in [5.74, 6) is -1.03. The van der Waals surface area contributed by atoms with Gasteiger partial charge in [0.05, 0.1) is 0 Å². The number of carbonyl (C=O) groups excluding carboxylic acids is 3. The molecule has 0 saturated carbocycles. The van der Waals surface area contributed by atoms with Gasteiger partial charge in [-0.05, 0) is 103 Å². The normalized spacial score (nSPS) is 13.0. The number of unbranched alkanes of at least 4 members (excludes halogenated alkanes) is 20.